The Kier molecular flexibility index (Phi) is 3.14. The van der Waals surface area contributed by atoms with E-state index in [0.717, 1.165) is 12.1 Å². The topological polar surface area (TPSA) is 62.6 Å². The molecule has 0 radical (unpaired) electrons. The first-order valence-electron chi connectivity index (χ1n) is 4.87. The lowest BCUT2D eigenvalue weighted by Gasteiger charge is -2.12. The lowest BCUT2D eigenvalue weighted by molar-refractivity contribution is -0.274. The highest BCUT2D eigenvalue weighted by Crippen LogP contribution is 2.24. The molecule has 0 bridgehead atoms. The van der Waals surface area contributed by atoms with Crippen LogP contribution in [0.4, 0.5) is 13.2 Å². The molecule has 0 unspecified atom stereocenters. The maximum Gasteiger partial charge on any atom is 0.573 e. The Morgan fingerprint density at radius 1 is 1.22 bits per heavy atom. The fraction of sp³-hybridized carbons (Fsp3) is 0.100. The molecule has 4 nitrogen and oxygen atoms in total. The standard InChI is InChI=1S/C10H7BF3NO3/c12-10(13,14)18-7-4-6-2-1-3-15-9(6)8(5-7)11(16)17/h1-5,16-17H. The Morgan fingerprint density at radius 3 is 2.56 bits per heavy atom. The van der Waals surface area contributed by atoms with Crippen molar-refractivity contribution in [3.05, 3.63) is 30.5 Å². The van der Waals surface area contributed by atoms with Crippen LogP contribution in [0.25, 0.3) is 10.9 Å². The van der Waals surface area contributed by atoms with Gasteiger partial charge in [0.15, 0.2) is 0 Å². The number of rotatable bonds is 2. The normalized spacial score (nSPS) is 11.6. The van der Waals surface area contributed by atoms with Gasteiger partial charge in [0.2, 0.25) is 0 Å². The van der Waals surface area contributed by atoms with E-state index >= 15 is 0 Å². The molecule has 1 aromatic heterocycles. The van der Waals surface area contributed by atoms with Gasteiger partial charge in [0, 0.05) is 17.0 Å². The number of ether oxygens (including phenoxy) is 1. The van der Waals surface area contributed by atoms with Gasteiger partial charge >= 0.3 is 13.5 Å². The van der Waals surface area contributed by atoms with Crippen molar-refractivity contribution in [2.75, 3.05) is 0 Å². The third-order valence-electron chi connectivity index (χ3n) is 2.22. The molecule has 0 aliphatic carbocycles. The predicted octanol–water partition coefficient (Wildman–Crippen LogP) is 0.813. The second kappa shape index (κ2) is 4.47. The maximum absolute atomic E-state index is 12.1. The van der Waals surface area contributed by atoms with Crippen LogP contribution in [0.5, 0.6) is 5.75 Å². The molecule has 94 valence electrons. The van der Waals surface area contributed by atoms with Crippen LogP contribution < -0.4 is 10.2 Å². The largest absolute Gasteiger partial charge is 0.573 e. The van der Waals surface area contributed by atoms with E-state index in [1.807, 2.05) is 0 Å². The first kappa shape index (κ1) is 12.7. The average Bonchev–Trinajstić information content (AvgIpc) is 2.25. The molecule has 0 aliphatic heterocycles. The van der Waals surface area contributed by atoms with Crippen LogP contribution in [-0.4, -0.2) is 28.5 Å². The van der Waals surface area contributed by atoms with E-state index in [1.54, 1.807) is 0 Å². The van der Waals surface area contributed by atoms with Crippen molar-refractivity contribution in [1.29, 1.82) is 0 Å². The fourth-order valence-corrected chi connectivity index (χ4v) is 1.58. The molecular formula is C10H7BF3NO3. The number of alkyl halides is 3. The fourth-order valence-electron chi connectivity index (χ4n) is 1.58. The molecule has 1 heterocycles. The highest BCUT2D eigenvalue weighted by Gasteiger charge is 2.32. The van der Waals surface area contributed by atoms with Crippen LogP contribution in [0, 0.1) is 0 Å². The van der Waals surface area contributed by atoms with Gasteiger partial charge in [-0.25, -0.2) is 0 Å². The van der Waals surface area contributed by atoms with Gasteiger partial charge in [0.25, 0.3) is 0 Å². The van der Waals surface area contributed by atoms with E-state index in [1.165, 1.54) is 18.3 Å². The molecule has 0 saturated carbocycles. The third kappa shape index (κ3) is 2.71. The van der Waals surface area contributed by atoms with Gasteiger partial charge in [0.1, 0.15) is 5.75 Å². The second-order valence-corrected chi connectivity index (χ2v) is 3.51. The number of hydrogen-bond donors (Lipinski definition) is 2. The zero-order valence-corrected chi connectivity index (χ0v) is 8.85. The highest BCUT2D eigenvalue weighted by atomic mass is 19.4. The summed E-state index contributed by atoms with van der Waals surface area (Å²) in [7, 11) is -1.93. The van der Waals surface area contributed by atoms with Gasteiger partial charge in [-0.2, -0.15) is 0 Å². The Labute approximate surface area is 99.8 Å². The Morgan fingerprint density at radius 2 is 1.94 bits per heavy atom. The summed E-state index contributed by atoms with van der Waals surface area (Å²) < 4.78 is 40.1. The number of hydrogen-bond acceptors (Lipinski definition) is 4. The van der Waals surface area contributed by atoms with Crippen molar-refractivity contribution in [1.82, 2.24) is 4.98 Å². The molecule has 0 amide bonds. The lowest BCUT2D eigenvalue weighted by Crippen LogP contribution is -2.31. The van der Waals surface area contributed by atoms with E-state index in [0.29, 0.717) is 5.39 Å². The van der Waals surface area contributed by atoms with Gasteiger partial charge < -0.3 is 14.8 Å². The van der Waals surface area contributed by atoms with Crippen molar-refractivity contribution >= 4 is 23.5 Å². The average molecular weight is 257 g/mol. The van der Waals surface area contributed by atoms with E-state index < -0.39 is 19.2 Å². The SMILES string of the molecule is OB(O)c1cc(OC(F)(F)F)cc2cccnc12. The summed E-state index contributed by atoms with van der Waals surface area (Å²) in [6, 6.07) is 5.04. The maximum atomic E-state index is 12.1. The molecular weight excluding hydrogens is 250 g/mol. The van der Waals surface area contributed by atoms with Crippen molar-refractivity contribution in [2.24, 2.45) is 0 Å². The molecule has 1 aromatic carbocycles. The van der Waals surface area contributed by atoms with Crippen molar-refractivity contribution in [2.45, 2.75) is 6.36 Å². The molecule has 0 fully saturated rings. The van der Waals surface area contributed by atoms with Crippen LogP contribution in [0.1, 0.15) is 0 Å². The number of pyridine rings is 1. The minimum absolute atomic E-state index is 0.146. The van der Waals surface area contributed by atoms with E-state index in [2.05, 4.69) is 9.72 Å². The molecule has 2 N–H and O–H groups in total. The van der Waals surface area contributed by atoms with Gasteiger partial charge in [-0.3, -0.25) is 4.98 Å². The molecule has 18 heavy (non-hydrogen) atoms. The van der Waals surface area contributed by atoms with Crippen LogP contribution >= 0.6 is 0 Å². The summed E-state index contributed by atoms with van der Waals surface area (Å²) in [5, 5.41) is 18.6. The molecule has 8 heteroatoms. The van der Waals surface area contributed by atoms with Crippen molar-refractivity contribution in [3.8, 4) is 5.75 Å². The van der Waals surface area contributed by atoms with E-state index in [-0.39, 0.29) is 11.0 Å². The van der Waals surface area contributed by atoms with Gasteiger partial charge in [-0.05, 0) is 18.2 Å². The van der Waals surface area contributed by atoms with Gasteiger partial charge in [0.05, 0.1) is 5.52 Å². The molecule has 0 saturated heterocycles. The third-order valence-corrected chi connectivity index (χ3v) is 2.22. The van der Waals surface area contributed by atoms with Crippen LogP contribution in [0.2, 0.25) is 0 Å². The van der Waals surface area contributed by atoms with E-state index in [4.69, 9.17) is 10.0 Å². The molecule has 0 aliphatic rings. The minimum atomic E-state index is -4.84. The van der Waals surface area contributed by atoms with Crippen molar-refractivity contribution in [3.63, 3.8) is 0 Å². The Bertz CT molecular complexity index is 574. The summed E-state index contributed by atoms with van der Waals surface area (Å²) in [6.45, 7) is 0. The first-order chi connectivity index (χ1) is 8.37. The summed E-state index contributed by atoms with van der Waals surface area (Å²) in [6.07, 6.45) is -3.44. The summed E-state index contributed by atoms with van der Waals surface area (Å²) in [5.74, 6) is -0.522. The highest BCUT2D eigenvalue weighted by molar-refractivity contribution is 6.61. The summed E-state index contributed by atoms with van der Waals surface area (Å²) in [5.41, 5.74) is 0.0642. The van der Waals surface area contributed by atoms with Crippen LogP contribution in [0.3, 0.4) is 0 Å². The number of halogens is 3. The number of nitrogens with zero attached hydrogens (tertiary/aromatic N) is 1. The van der Waals surface area contributed by atoms with E-state index in [9.17, 15) is 13.2 Å². The summed E-state index contributed by atoms with van der Waals surface area (Å²) >= 11 is 0. The minimum Gasteiger partial charge on any atom is -0.423 e. The predicted molar refractivity (Wildman–Crippen MR) is 58.3 cm³/mol. The first-order valence-corrected chi connectivity index (χ1v) is 4.87. The molecule has 0 spiro atoms. The quantitative estimate of drug-likeness (QED) is 0.781. The second-order valence-electron chi connectivity index (χ2n) is 3.51. The lowest BCUT2D eigenvalue weighted by atomic mass is 9.78. The zero-order valence-electron chi connectivity index (χ0n) is 8.85. The summed E-state index contributed by atoms with van der Waals surface area (Å²) in [4.78, 5) is 3.88. The Hall–Kier alpha value is -1.80. The van der Waals surface area contributed by atoms with Crippen LogP contribution in [0.15, 0.2) is 30.5 Å². The number of aromatic nitrogens is 1. The smallest absolute Gasteiger partial charge is 0.423 e. The number of fused-ring (bicyclic) bond motifs is 1. The Balaban J connectivity index is 2.57. The van der Waals surface area contributed by atoms with Crippen molar-refractivity contribution < 1.29 is 28.0 Å². The molecule has 2 aromatic rings. The van der Waals surface area contributed by atoms with Gasteiger partial charge in [-0.15, -0.1) is 13.2 Å². The van der Waals surface area contributed by atoms with Crippen LogP contribution in [-0.2, 0) is 0 Å². The molecule has 2 rings (SSSR count). The monoisotopic (exact) mass is 257 g/mol. The zero-order chi connectivity index (χ0) is 13.3. The molecule has 0 atom stereocenters. The number of benzene rings is 1. The van der Waals surface area contributed by atoms with Gasteiger partial charge in [-0.1, -0.05) is 6.07 Å².